The first kappa shape index (κ1) is 17.0. The number of benzene rings is 1. The first-order valence-electron chi connectivity index (χ1n) is 7.80. The highest BCUT2D eigenvalue weighted by Gasteiger charge is 2.33. The maximum absolute atomic E-state index is 12.7. The number of piperazine rings is 1. The Balaban J connectivity index is 2.14. The van der Waals surface area contributed by atoms with Crippen LogP contribution in [-0.2, 0) is 14.3 Å². The van der Waals surface area contributed by atoms with Crippen LogP contribution in [0.4, 0.5) is 0 Å². The number of amides is 2. The number of esters is 1. The minimum atomic E-state index is -0.393. The van der Waals surface area contributed by atoms with E-state index in [1.807, 2.05) is 25.1 Å². The van der Waals surface area contributed by atoms with Crippen LogP contribution in [0.3, 0.4) is 0 Å². The molecule has 0 N–H and O–H groups in total. The van der Waals surface area contributed by atoms with Crippen LogP contribution in [-0.4, -0.2) is 59.9 Å². The van der Waals surface area contributed by atoms with Gasteiger partial charge in [-0.25, -0.2) is 0 Å². The molecule has 23 heavy (non-hydrogen) atoms. The first-order chi connectivity index (χ1) is 11.0. The summed E-state index contributed by atoms with van der Waals surface area (Å²) < 4.78 is 5.09. The van der Waals surface area contributed by atoms with Gasteiger partial charge in [0, 0.05) is 38.5 Å². The van der Waals surface area contributed by atoms with Gasteiger partial charge in [-0.1, -0.05) is 25.1 Å². The summed E-state index contributed by atoms with van der Waals surface area (Å²) in [6, 6.07) is 8.67. The van der Waals surface area contributed by atoms with E-state index in [4.69, 9.17) is 4.74 Å². The Hall–Kier alpha value is -2.37. The summed E-state index contributed by atoms with van der Waals surface area (Å²) in [5.74, 6) is -0.452. The van der Waals surface area contributed by atoms with E-state index in [0.29, 0.717) is 31.6 Å². The van der Waals surface area contributed by atoms with Crippen molar-refractivity contribution in [1.82, 2.24) is 9.80 Å². The van der Waals surface area contributed by atoms with Gasteiger partial charge in [0.1, 0.15) is 6.61 Å². The van der Waals surface area contributed by atoms with Crippen LogP contribution < -0.4 is 0 Å². The highest BCUT2D eigenvalue weighted by molar-refractivity contribution is 5.94. The number of rotatable bonds is 4. The summed E-state index contributed by atoms with van der Waals surface area (Å²) in [6.45, 7) is 4.57. The van der Waals surface area contributed by atoms with Gasteiger partial charge in [-0.2, -0.15) is 0 Å². The molecule has 0 spiro atoms. The predicted molar refractivity (Wildman–Crippen MR) is 84.8 cm³/mol. The predicted octanol–water partition coefficient (Wildman–Crippen LogP) is 1.31. The summed E-state index contributed by atoms with van der Waals surface area (Å²) in [5.41, 5.74) is 0.593. The summed E-state index contributed by atoms with van der Waals surface area (Å²) in [4.78, 5) is 39.1. The van der Waals surface area contributed by atoms with E-state index < -0.39 is 5.97 Å². The third-order valence-corrected chi connectivity index (χ3v) is 3.90. The lowest BCUT2D eigenvalue weighted by molar-refractivity contribution is -0.144. The Labute approximate surface area is 136 Å². The molecule has 1 heterocycles. The molecule has 1 unspecified atom stereocenters. The standard InChI is InChI=1S/C17H22N2O4/c1-3-16(21)18-9-10-19(15(11-18)12-23-13(2)20)17(22)14-7-5-4-6-8-14/h4-8,15H,3,9-12H2,1-2H3. The highest BCUT2D eigenvalue weighted by atomic mass is 16.5. The Kier molecular flexibility index (Phi) is 5.73. The Bertz CT molecular complexity index is 573. The van der Waals surface area contributed by atoms with Crippen LogP contribution in [0, 0.1) is 0 Å². The van der Waals surface area contributed by atoms with Crippen molar-refractivity contribution in [3.05, 3.63) is 35.9 Å². The summed E-state index contributed by atoms with van der Waals surface area (Å²) in [5, 5.41) is 0. The lowest BCUT2D eigenvalue weighted by atomic mass is 10.1. The van der Waals surface area contributed by atoms with E-state index in [0.717, 1.165) is 0 Å². The number of hydrogen-bond acceptors (Lipinski definition) is 4. The van der Waals surface area contributed by atoms with E-state index in [1.54, 1.807) is 21.9 Å². The van der Waals surface area contributed by atoms with Crippen molar-refractivity contribution in [3.63, 3.8) is 0 Å². The quantitative estimate of drug-likeness (QED) is 0.785. The molecule has 0 radical (unpaired) electrons. The summed E-state index contributed by atoms with van der Waals surface area (Å²) in [7, 11) is 0. The highest BCUT2D eigenvalue weighted by Crippen LogP contribution is 2.15. The number of hydrogen-bond donors (Lipinski definition) is 0. The fourth-order valence-corrected chi connectivity index (χ4v) is 2.68. The molecule has 1 aliphatic rings. The lowest BCUT2D eigenvalue weighted by Gasteiger charge is -2.41. The molecule has 2 rings (SSSR count). The maximum Gasteiger partial charge on any atom is 0.302 e. The molecular weight excluding hydrogens is 296 g/mol. The van der Waals surface area contributed by atoms with Crippen molar-refractivity contribution in [3.8, 4) is 0 Å². The summed E-state index contributed by atoms with van der Waals surface area (Å²) in [6.07, 6.45) is 0.424. The van der Waals surface area contributed by atoms with E-state index in [1.165, 1.54) is 6.92 Å². The van der Waals surface area contributed by atoms with Crippen LogP contribution in [0.2, 0.25) is 0 Å². The van der Waals surface area contributed by atoms with Gasteiger partial charge in [0.15, 0.2) is 0 Å². The third kappa shape index (κ3) is 4.31. The second-order valence-electron chi connectivity index (χ2n) is 5.51. The van der Waals surface area contributed by atoms with Gasteiger partial charge in [-0.05, 0) is 12.1 Å². The first-order valence-corrected chi connectivity index (χ1v) is 7.80. The minimum Gasteiger partial charge on any atom is -0.464 e. The SMILES string of the molecule is CCC(=O)N1CCN(C(=O)c2ccccc2)C(COC(C)=O)C1. The molecule has 1 atom stereocenters. The number of ether oxygens (including phenoxy) is 1. The number of carbonyl (C=O) groups is 3. The molecule has 1 saturated heterocycles. The molecule has 2 amide bonds. The van der Waals surface area contributed by atoms with Gasteiger partial charge in [0.25, 0.3) is 5.91 Å². The molecule has 1 aromatic carbocycles. The zero-order valence-electron chi connectivity index (χ0n) is 13.5. The van der Waals surface area contributed by atoms with Gasteiger partial charge in [-0.3, -0.25) is 14.4 Å². The topological polar surface area (TPSA) is 66.9 Å². The second kappa shape index (κ2) is 7.76. The molecule has 0 bridgehead atoms. The van der Waals surface area contributed by atoms with Crippen LogP contribution in [0.15, 0.2) is 30.3 Å². The van der Waals surface area contributed by atoms with Crippen molar-refractivity contribution in [2.75, 3.05) is 26.2 Å². The van der Waals surface area contributed by atoms with Crippen molar-refractivity contribution in [2.24, 2.45) is 0 Å². The van der Waals surface area contributed by atoms with E-state index in [9.17, 15) is 14.4 Å². The molecule has 1 aliphatic heterocycles. The smallest absolute Gasteiger partial charge is 0.302 e. The molecule has 1 aromatic rings. The monoisotopic (exact) mass is 318 g/mol. The van der Waals surface area contributed by atoms with E-state index in [-0.39, 0.29) is 24.5 Å². The Morgan fingerprint density at radius 2 is 1.87 bits per heavy atom. The molecule has 0 saturated carbocycles. The average molecular weight is 318 g/mol. The average Bonchev–Trinajstić information content (AvgIpc) is 2.59. The fourth-order valence-electron chi connectivity index (χ4n) is 2.68. The maximum atomic E-state index is 12.7. The zero-order chi connectivity index (χ0) is 16.8. The lowest BCUT2D eigenvalue weighted by Crippen LogP contribution is -2.58. The van der Waals surface area contributed by atoms with Crippen molar-refractivity contribution in [1.29, 1.82) is 0 Å². The van der Waals surface area contributed by atoms with Crippen LogP contribution in [0.5, 0.6) is 0 Å². The third-order valence-electron chi connectivity index (χ3n) is 3.90. The van der Waals surface area contributed by atoms with Gasteiger partial charge < -0.3 is 14.5 Å². The largest absolute Gasteiger partial charge is 0.464 e. The minimum absolute atomic E-state index is 0.0460. The normalized spacial score (nSPS) is 17.7. The zero-order valence-corrected chi connectivity index (χ0v) is 13.5. The van der Waals surface area contributed by atoms with Crippen LogP contribution in [0.1, 0.15) is 30.6 Å². The Morgan fingerprint density at radius 1 is 1.17 bits per heavy atom. The number of carbonyl (C=O) groups excluding carboxylic acids is 3. The molecule has 124 valence electrons. The molecule has 6 nitrogen and oxygen atoms in total. The van der Waals surface area contributed by atoms with Gasteiger partial charge >= 0.3 is 5.97 Å². The Morgan fingerprint density at radius 3 is 2.48 bits per heavy atom. The molecular formula is C17H22N2O4. The summed E-state index contributed by atoms with van der Waals surface area (Å²) >= 11 is 0. The van der Waals surface area contributed by atoms with Crippen LogP contribution >= 0.6 is 0 Å². The second-order valence-corrected chi connectivity index (χ2v) is 5.51. The van der Waals surface area contributed by atoms with Crippen molar-refractivity contribution in [2.45, 2.75) is 26.3 Å². The molecule has 1 fully saturated rings. The van der Waals surface area contributed by atoms with Crippen LogP contribution in [0.25, 0.3) is 0 Å². The van der Waals surface area contributed by atoms with Gasteiger partial charge in [0.05, 0.1) is 6.04 Å². The molecule has 6 heteroatoms. The van der Waals surface area contributed by atoms with Gasteiger partial charge in [0.2, 0.25) is 5.91 Å². The number of nitrogens with zero attached hydrogens (tertiary/aromatic N) is 2. The van der Waals surface area contributed by atoms with Crippen molar-refractivity contribution >= 4 is 17.8 Å². The molecule has 0 aromatic heterocycles. The molecule has 0 aliphatic carbocycles. The fraction of sp³-hybridized carbons (Fsp3) is 0.471. The van der Waals surface area contributed by atoms with E-state index in [2.05, 4.69) is 0 Å². The van der Waals surface area contributed by atoms with Crippen molar-refractivity contribution < 1.29 is 19.1 Å². The van der Waals surface area contributed by atoms with E-state index >= 15 is 0 Å². The van der Waals surface area contributed by atoms with Gasteiger partial charge in [-0.15, -0.1) is 0 Å².